The highest BCUT2D eigenvalue weighted by atomic mass is 16.5. The SMILES string of the molecule is CCOC(=O)Nc1ccc(Cc2ccc(NC(C)=O)cc2)cc1. The minimum atomic E-state index is -0.450. The van der Waals surface area contributed by atoms with Gasteiger partial charge in [-0.3, -0.25) is 10.1 Å². The third-order valence-electron chi connectivity index (χ3n) is 3.16. The number of rotatable bonds is 5. The molecule has 5 nitrogen and oxygen atoms in total. The molecule has 2 aromatic carbocycles. The molecule has 0 aliphatic heterocycles. The van der Waals surface area contributed by atoms with Crippen molar-refractivity contribution >= 4 is 23.4 Å². The van der Waals surface area contributed by atoms with E-state index >= 15 is 0 Å². The molecule has 0 fully saturated rings. The molecule has 0 saturated heterocycles. The van der Waals surface area contributed by atoms with E-state index in [9.17, 15) is 9.59 Å². The van der Waals surface area contributed by atoms with Crippen LogP contribution in [0, 0.1) is 0 Å². The molecule has 5 heteroatoms. The third kappa shape index (κ3) is 5.47. The molecule has 2 amide bonds. The average Bonchev–Trinajstić information content (AvgIpc) is 2.51. The number of hydrogen-bond acceptors (Lipinski definition) is 3. The fourth-order valence-corrected chi connectivity index (χ4v) is 2.14. The van der Waals surface area contributed by atoms with Gasteiger partial charge < -0.3 is 10.1 Å². The number of nitrogens with one attached hydrogen (secondary N) is 2. The molecular weight excluding hydrogens is 292 g/mol. The first-order valence-corrected chi connectivity index (χ1v) is 7.46. The van der Waals surface area contributed by atoms with Gasteiger partial charge in [0.1, 0.15) is 0 Å². The molecule has 0 unspecified atom stereocenters. The molecule has 0 aliphatic rings. The summed E-state index contributed by atoms with van der Waals surface area (Å²) in [5.41, 5.74) is 3.76. The van der Waals surface area contributed by atoms with Crippen molar-refractivity contribution in [3.63, 3.8) is 0 Å². The Morgan fingerprint density at radius 3 is 1.78 bits per heavy atom. The molecule has 0 aliphatic carbocycles. The second-order valence-electron chi connectivity index (χ2n) is 5.10. The Kier molecular flexibility index (Phi) is 5.74. The van der Waals surface area contributed by atoms with E-state index in [1.165, 1.54) is 6.92 Å². The first-order valence-electron chi connectivity index (χ1n) is 7.46. The number of anilines is 2. The van der Waals surface area contributed by atoms with Gasteiger partial charge in [-0.05, 0) is 48.7 Å². The number of carbonyl (C=O) groups is 2. The van der Waals surface area contributed by atoms with Gasteiger partial charge in [-0.1, -0.05) is 24.3 Å². The zero-order valence-corrected chi connectivity index (χ0v) is 13.3. The van der Waals surface area contributed by atoms with E-state index in [1.54, 1.807) is 6.92 Å². The summed E-state index contributed by atoms with van der Waals surface area (Å²) in [6, 6.07) is 15.3. The van der Waals surface area contributed by atoms with E-state index in [1.807, 2.05) is 48.5 Å². The second kappa shape index (κ2) is 7.98. The van der Waals surface area contributed by atoms with E-state index in [-0.39, 0.29) is 5.91 Å². The normalized spacial score (nSPS) is 10.0. The smallest absolute Gasteiger partial charge is 0.411 e. The van der Waals surface area contributed by atoms with E-state index in [4.69, 9.17) is 4.74 Å². The first-order chi connectivity index (χ1) is 11.1. The predicted molar refractivity (Wildman–Crippen MR) is 90.6 cm³/mol. The van der Waals surface area contributed by atoms with Gasteiger partial charge in [0.25, 0.3) is 0 Å². The van der Waals surface area contributed by atoms with Crippen molar-refractivity contribution in [2.24, 2.45) is 0 Å². The van der Waals surface area contributed by atoms with E-state index in [0.717, 1.165) is 23.2 Å². The Hall–Kier alpha value is -2.82. The Bertz CT molecular complexity index is 664. The number of amides is 2. The number of carbonyl (C=O) groups excluding carboxylic acids is 2. The molecule has 0 heterocycles. The van der Waals surface area contributed by atoms with Crippen molar-refractivity contribution in [3.05, 3.63) is 59.7 Å². The summed E-state index contributed by atoms with van der Waals surface area (Å²) in [7, 11) is 0. The van der Waals surface area contributed by atoms with Crippen molar-refractivity contribution in [3.8, 4) is 0 Å². The summed E-state index contributed by atoms with van der Waals surface area (Å²) in [6.07, 6.45) is 0.328. The van der Waals surface area contributed by atoms with Crippen LogP contribution in [-0.2, 0) is 16.0 Å². The Morgan fingerprint density at radius 2 is 1.35 bits per heavy atom. The molecule has 0 spiro atoms. The van der Waals surface area contributed by atoms with Gasteiger partial charge in [-0.15, -0.1) is 0 Å². The second-order valence-corrected chi connectivity index (χ2v) is 5.10. The Labute approximate surface area is 135 Å². The van der Waals surface area contributed by atoms with Gasteiger partial charge >= 0.3 is 6.09 Å². The van der Waals surface area contributed by atoms with Gasteiger partial charge in [0.2, 0.25) is 5.91 Å². The fourth-order valence-electron chi connectivity index (χ4n) is 2.14. The zero-order chi connectivity index (χ0) is 16.7. The van der Waals surface area contributed by atoms with Gasteiger partial charge in [0.15, 0.2) is 0 Å². The highest BCUT2D eigenvalue weighted by molar-refractivity contribution is 5.88. The van der Waals surface area contributed by atoms with Crippen LogP contribution in [0.5, 0.6) is 0 Å². The van der Waals surface area contributed by atoms with Crippen LogP contribution in [0.3, 0.4) is 0 Å². The predicted octanol–water partition coefficient (Wildman–Crippen LogP) is 3.80. The monoisotopic (exact) mass is 312 g/mol. The van der Waals surface area contributed by atoms with Crippen LogP contribution < -0.4 is 10.6 Å². The van der Waals surface area contributed by atoms with Crippen molar-refractivity contribution in [2.75, 3.05) is 17.2 Å². The maximum Gasteiger partial charge on any atom is 0.411 e. The topological polar surface area (TPSA) is 67.4 Å². The quantitative estimate of drug-likeness (QED) is 0.882. The summed E-state index contributed by atoms with van der Waals surface area (Å²) in [5, 5.41) is 5.40. The van der Waals surface area contributed by atoms with Crippen LogP contribution in [0.15, 0.2) is 48.5 Å². The average molecular weight is 312 g/mol. The van der Waals surface area contributed by atoms with Crippen molar-refractivity contribution in [2.45, 2.75) is 20.3 Å². The standard InChI is InChI=1S/C18H20N2O3/c1-3-23-18(22)20-17-10-6-15(7-11-17)12-14-4-8-16(9-5-14)19-13(2)21/h4-11H,3,12H2,1-2H3,(H,19,21)(H,20,22). The van der Waals surface area contributed by atoms with Crippen molar-refractivity contribution < 1.29 is 14.3 Å². The molecule has 0 bridgehead atoms. The molecule has 2 N–H and O–H groups in total. The molecular formula is C18H20N2O3. The lowest BCUT2D eigenvalue weighted by atomic mass is 10.0. The molecule has 0 radical (unpaired) electrons. The van der Waals surface area contributed by atoms with E-state index < -0.39 is 6.09 Å². The lowest BCUT2D eigenvalue weighted by Gasteiger charge is -2.07. The van der Waals surface area contributed by atoms with Gasteiger partial charge in [0.05, 0.1) is 6.61 Å². The van der Waals surface area contributed by atoms with Crippen molar-refractivity contribution in [1.82, 2.24) is 0 Å². The summed E-state index contributed by atoms with van der Waals surface area (Å²) in [6.45, 7) is 3.60. The van der Waals surface area contributed by atoms with Crippen molar-refractivity contribution in [1.29, 1.82) is 0 Å². The molecule has 0 aromatic heterocycles. The summed E-state index contributed by atoms with van der Waals surface area (Å²) in [5.74, 6) is -0.0811. The van der Waals surface area contributed by atoms with Crippen LogP contribution in [-0.4, -0.2) is 18.6 Å². The van der Waals surface area contributed by atoms with E-state index in [2.05, 4.69) is 10.6 Å². The first kappa shape index (κ1) is 16.5. The Morgan fingerprint density at radius 1 is 0.870 bits per heavy atom. The zero-order valence-electron chi connectivity index (χ0n) is 13.3. The maximum absolute atomic E-state index is 11.3. The molecule has 23 heavy (non-hydrogen) atoms. The third-order valence-corrected chi connectivity index (χ3v) is 3.16. The molecule has 120 valence electrons. The van der Waals surface area contributed by atoms with Crippen LogP contribution in [0.4, 0.5) is 16.2 Å². The van der Waals surface area contributed by atoms with Crippen LogP contribution in [0.2, 0.25) is 0 Å². The van der Waals surface area contributed by atoms with Gasteiger partial charge in [-0.25, -0.2) is 4.79 Å². The minimum absolute atomic E-state index is 0.0811. The highest BCUT2D eigenvalue weighted by Crippen LogP contribution is 2.16. The number of ether oxygens (including phenoxy) is 1. The largest absolute Gasteiger partial charge is 0.450 e. The molecule has 0 saturated carbocycles. The maximum atomic E-state index is 11.3. The fraction of sp³-hybridized carbons (Fsp3) is 0.222. The van der Waals surface area contributed by atoms with E-state index in [0.29, 0.717) is 12.3 Å². The Balaban J connectivity index is 1.95. The summed E-state index contributed by atoms with van der Waals surface area (Å²) in [4.78, 5) is 22.3. The molecule has 0 atom stereocenters. The molecule has 2 rings (SSSR count). The summed E-state index contributed by atoms with van der Waals surface area (Å²) >= 11 is 0. The number of hydrogen-bond donors (Lipinski definition) is 2. The number of benzene rings is 2. The van der Waals surface area contributed by atoms with Crippen LogP contribution >= 0.6 is 0 Å². The van der Waals surface area contributed by atoms with Crippen LogP contribution in [0.1, 0.15) is 25.0 Å². The van der Waals surface area contributed by atoms with Gasteiger partial charge in [-0.2, -0.15) is 0 Å². The molecule has 2 aromatic rings. The highest BCUT2D eigenvalue weighted by Gasteiger charge is 2.02. The lowest BCUT2D eigenvalue weighted by molar-refractivity contribution is -0.114. The van der Waals surface area contributed by atoms with Gasteiger partial charge in [0, 0.05) is 18.3 Å². The lowest BCUT2D eigenvalue weighted by Crippen LogP contribution is -2.13. The summed E-state index contributed by atoms with van der Waals surface area (Å²) < 4.78 is 4.83. The van der Waals surface area contributed by atoms with Crippen LogP contribution in [0.25, 0.3) is 0 Å². The minimum Gasteiger partial charge on any atom is -0.450 e.